The van der Waals surface area contributed by atoms with Crippen molar-refractivity contribution in [1.29, 1.82) is 5.26 Å². The first-order valence-electron chi connectivity index (χ1n) is 8.62. The summed E-state index contributed by atoms with van der Waals surface area (Å²) < 4.78 is 45.8. The van der Waals surface area contributed by atoms with Crippen molar-refractivity contribution in [3.8, 4) is 6.07 Å². The molecule has 1 aliphatic rings. The summed E-state index contributed by atoms with van der Waals surface area (Å²) >= 11 is 0. The number of hydrogen-bond acceptors (Lipinski definition) is 5. The molecule has 1 saturated heterocycles. The van der Waals surface area contributed by atoms with Gasteiger partial charge in [-0.05, 0) is 48.7 Å². The Morgan fingerprint density at radius 1 is 1.22 bits per heavy atom. The van der Waals surface area contributed by atoms with Crippen molar-refractivity contribution in [2.75, 3.05) is 18.5 Å². The Hall–Kier alpha value is -2.47. The Morgan fingerprint density at radius 2 is 2.00 bits per heavy atom. The number of halogens is 1. The third-order valence-corrected chi connectivity index (χ3v) is 5.78. The fourth-order valence-corrected chi connectivity index (χ4v) is 3.90. The van der Waals surface area contributed by atoms with Gasteiger partial charge in [0.15, 0.2) is 0 Å². The van der Waals surface area contributed by atoms with E-state index < -0.39 is 15.8 Å². The van der Waals surface area contributed by atoms with Gasteiger partial charge in [0.05, 0.1) is 22.3 Å². The number of rotatable bonds is 7. The van der Waals surface area contributed by atoms with Crippen molar-refractivity contribution < 1.29 is 17.5 Å². The summed E-state index contributed by atoms with van der Waals surface area (Å²) in [7, 11) is -3.58. The Bertz CT molecular complexity index is 934. The van der Waals surface area contributed by atoms with E-state index in [-0.39, 0.29) is 23.1 Å². The molecule has 0 aliphatic carbocycles. The molecule has 0 bridgehead atoms. The number of nitrogens with zero attached hydrogens (tertiary/aromatic N) is 1. The topological polar surface area (TPSA) is 91.2 Å². The first-order valence-corrected chi connectivity index (χ1v) is 10.1. The van der Waals surface area contributed by atoms with Gasteiger partial charge in [0.2, 0.25) is 10.0 Å². The van der Waals surface area contributed by atoms with Crippen LogP contribution in [0.15, 0.2) is 47.4 Å². The molecule has 1 heterocycles. The third kappa shape index (κ3) is 5.04. The molecule has 0 amide bonds. The van der Waals surface area contributed by atoms with E-state index in [2.05, 4.69) is 10.0 Å². The number of ether oxygens (including phenoxy) is 1. The fraction of sp³-hybridized carbons (Fsp3) is 0.316. The number of nitriles is 1. The summed E-state index contributed by atoms with van der Waals surface area (Å²) in [6.45, 7) is 1.33. The Kier molecular flexibility index (Phi) is 6.06. The van der Waals surface area contributed by atoms with Crippen molar-refractivity contribution in [1.82, 2.24) is 4.72 Å². The van der Waals surface area contributed by atoms with Crippen LogP contribution in [0.2, 0.25) is 0 Å². The van der Waals surface area contributed by atoms with Gasteiger partial charge in [0, 0.05) is 19.7 Å². The highest BCUT2D eigenvalue weighted by molar-refractivity contribution is 7.89. The molecule has 142 valence electrons. The summed E-state index contributed by atoms with van der Waals surface area (Å²) in [4.78, 5) is 0.184. The minimum absolute atomic E-state index is 0.0618. The van der Waals surface area contributed by atoms with Crippen LogP contribution in [0, 0.1) is 17.1 Å². The van der Waals surface area contributed by atoms with Crippen LogP contribution in [0.3, 0.4) is 0 Å². The molecule has 0 aromatic heterocycles. The zero-order valence-electron chi connectivity index (χ0n) is 14.6. The molecule has 1 unspecified atom stereocenters. The predicted octanol–water partition coefficient (Wildman–Crippen LogP) is 2.77. The van der Waals surface area contributed by atoms with Gasteiger partial charge in [-0.2, -0.15) is 5.26 Å². The Labute approximate surface area is 158 Å². The summed E-state index contributed by atoms with van der Waals surface area (Å²) in [5.74, 6) is -0.470. The van der Waals surface area contributed by atoms with Gasteiger partial charge in [-0.15, -0.1) is 0 Å². The second-order valence-electron chi connectivity index (χ2n) is 6.29. The number of sulfonamides is 1. The van der Waals surface area contributed by atoms with Crippen LogP contribution in [0.1, 0.15) is 24.0 Å². The van der Waals surface area contributed by atoms with E-state index in [9.17, 15) is 12.8 Å². The van der Waals surface area contributed by atoms with Crippen LogP contribution in [0.5, 0.6) is 0 Å². The van der Waals surface area contributed by atoms with Crippen LogP contribution in [0.4, 0.5) is 10.1 Å². The van der Waals surface area contributed by atoms with Crippen molar-refractivity contribution in [3.05, 3.63) is 59.4 Å². The molecule has 2 aromatic rings. The second-order valence-corrected chi connectivity index (χ2v) is 8.05. The zero-order valence-corrected chi connectivity index (χ0v) is 15.4. The minimum Gasteiger partial charge on any atom is -0.380 e. The standard InChI is InChI=1S/C19H20FN3O3S/c20-16-5-8-19(15(10-16)11-21)22-12-14-3-6-18(7-4-14)27(24,25)23-13-17-2-1-9-26-17/h3-8,10,17,22-23H,1-2,9,12-13H2. The van der Waals surface area contributed by atoms with Gasteiger partial charge >= 0.3 is 0 Å². The lowest BCUT2D eigenvalue weighted by Crippen LogP contribution is -2.31. The maximum atomic E-state index is 13.2. The van der Waals surface area contributed by atoms with E-state index in [1.165, 1.54) is 24.3 Å². The fourth-order valence-electron chi connectivity index (χ4n) is 2.84. The van der Waals surface area contributed by atoms with Crippen molar-refractivity contribution in [2.24, 2.45) is 0 Å². The van der Waals surface area contributed by atoms with Crippen LogP contribution < -0.4 is 10.0 Å². The molecule has 0 saturated carbocycles. The van der Waals surface area contributed by atoms with Gasteiger partial charge in [-0.1, -0.05) is 12.1 Å². The quantitative estimate of drug-likeness (QED) is 0.760. The second kappa shape index (κ2) is 8.48. The van der Waals surface area contributed by atoms with Gasteiger partial charge in [-0.3, -0.25) is 0 Å². The Morgan fingerprint density at radius 3 is 2.67 bits per heavy atom. The van der Waals surface area contributed by atoms with E-state index >= 15 is 0 Å². The largest absolute Gasteiger partial charge is 0.380 e. The van der Waals surface area contributed by atoms with E-state index in [0.717, 1.165) is 24.5 Å². The first kappa shape index (κ1) is 19.3. The molecule has 1 fully saturated rings. The van der Waals surface area contributed by atoms with Gasteiger partial charge in [0.25, 0.3) is 0 Å². The molecule has 1 aliphatic heterocycles. The Balaban J connectivity index is 1.60. The smallest absolute Gasteiger partial charge is 0.240 e. The van der Waals surface area contributed by atoms with Gasteiger partial charge < -0.3 is 10.1 Å². The number of nitrogens with one attached hydrogen (secondary N) is 2. The summed E-state index contributed by atoms with van der Waals surface area (Å²) in [6.07, 6.45) is 1.75. The predicted molar refractivity (Wildman–Crippen MR) is 99.0 cm³/mol. The maximum absolute atomic E-state index is 13.2. The summed E-state index contributed by atoms with van der Waals surface area (Å²) in [5.41, 5.74) is 1.57. The number of benzene rings is 2. The van der Waals surface area contributed by atoms with Crippen LogP contribution >= 0.6 is 0 Å². The molecule has 2 N–H and O–H groups in total. The van der Waals surface area contributed by atoms with E-state index in [0.29, 0.717) is 18.8 Å². The van der Waals surface area contributed by atoms with E-state index in [4.69, 9.17) is 10.00 Å². The molecular formula is C19H20FN3O3S. The lowest BCUT2D eigenvalue weighted by atomic mass is 10.1. The van der Waals surface area contributed by atoms with Crippen LogP contribution in [-0.4, -0.2) is 27.7 Å². The highest BCUT2D eigenvalue weighted by Gasteiger charge is 2.20. The molecule has 6 nitrogen and oxygen atoms in total. The molecule has 2 aromatic carbocycles. The first-order chi connectivity index (χ1) is 13.0. The maximum Gasteiger partial charge on any atom is 0.240 e. The van der Waals surface area contributed by atoms with Crippen molar-refractivity contribution in [3.63, 3.8) is 0 Å². The normalized spacial score (nSPS) is 16.8. The van der Waals surface area contributed by atoms with Gasteiger partial charge in [-0.25, -0.2) is 17.5 Å². The molecule has 0 spiro atoms. The molecule has 3 rings (SSSR count). The van der Waals surface area contributed by atoms with Crippen LogP contribution in [-0.2, 0) is 21.3 Å². The third-order valence-electron chi connectivity index (χ3n) is 4.34. The highest BCUT2D eigenvalue weighted by atomic mass is 32.2. The summed E-state index contributed by atoms with van der Waals surface area (Å²) in [6, 6.07) is 12.3. The van der Waals surface area contributed by atoms with E-state index in [1.807, 2.05) is 6.07 Å². The lowest BCUT2D eigenvalue weighted by Gasteiger charge is -2.12. The molecule has 27 heavy (non-hydrogen) atoms. The van der Waals surface area contributed by atoms with Crippen molar-refractivity contribution in [2.45, 2.75) is 30.4 Å². The SMILES string of the molecule is N#Cc1cc(F)ccc1NCc1ccc(S(=O)(=O)NCC2CCCO2)cc1. The monoisotopic (exact) mass is 389 g/mol. The number of anilines is 1. The average Bonchev–Trinajstić information content (AvgIpc) is 3.19. The highest BCUT2D eigenvalue weighted by Crippen LogP contribution is 2.18. The minimum atomic E-state index is -3.58. The summed E-state index contributed by atoms with van der Waals surface area (Å²) in [5, 5.41) is 12.1. The van der Waals surface area contributed by atoms with E-state index in [1.54, 1.807) is 12.1 Å². The van der Waals surface area contributed by atoms with Gasteiger partial charge in [0.1, 0.15) is 11.9 Å². The van der Waals surface area contributed by atoms with Crippen molar-refractivity contribution >= 4 is 15.7 Å². The molecule has 1 atom stereocenters. The number of hydrogen-bond donors (Lipinski definition) is 2. The molecular weight excluding hydrogens is 369 g/mol. The molecule has 0 radical (unpaired) electrons. The zero-order chi connectivity index (χ0) is 19.3. The molecule has 8 heteroatoms. The average molecular weight is 389 g/mol. The lowest BCUT2D eigenvalue weighted by molar-refractivity contribution is 0.114. The van der Waals surface area contributed by atoms with Crippen LogP contribution in [0.25, 0.3) is 0 Å².